The van der Waals surface area contributed by atoms with E-state index in [1.54, 1.807) is 18.2 Å². The maximum atomic E-state index is 12.7. The number of halogens is 2. The largest absolute Gasteiger partial charge is 0.335 e. The molecule has 1 heterocycles. The molecule has 0 unspecified atom stereocenters. The van der Waals surface area contributed by atoms with Crippen LogP contribution in [0.25, 0.3) is 11.4 Å². The zero-order valence-electron chi connectivity index (χ0n) is 17.3. The van der Waals surface area contributed by atoms with Crippen LogP contribution in [0, 0.1) is 0 Å². The van der Waals surface area contributed by atoms with Crippen molar-refractivity contribution in [3.63, 3.8) is 0 Å². The summed E-state index contributed by atoms with van der Waals surface area (Å²) in [6.45, 7) is 6.41. The van der Waals surface area contributed by atoms with Gasteiger partial charge in [-0.15, -0.1) is 10.2 Å². The third-order valence-corrected chi connectivity index (χ3v) is 6.11. The predicted octanol–water partition coefficient (Wildman–Crippen LogP) is 5.00. The van der Waals surface area contributed by atoms with Crippen molar-refractivity contribution in [1.82, 2.24) is 14.9 Å². The minimum atomic E-state index is -2.57. The van der Waals surface area contributed by atoms with Gasteiger partial charge in [-0.05, 0) is 23.1 Å². The molecule has 0 radical (unpaired) electrons. The first-order chi connectivity index (χ1) is 14.6. The minimum absolute atomic E-state index is 0.00593. The van der Waals surface area contributed by atoms with Crippen molar-refractivity contribution in [2.75, 3.05) is 16.9 Å². The molecule has 31 heavy (non-hydrogen) atoms. The van der Waals surface area contributed by atoms with Gasteiger partial charge in [0.15, 0.2) is 5.82 Å². The van der Waals surface area contributed by atoms with Crippen molar-refractivity contribution in [3.05, 3.63) is 54.1 Å². The first-order valence-corrected chi connectivity index (χ1v) is 11.3. The summed E-state index contributed by atoms with van der Waals surface area (Å²) < 4.78 is 26.7. The van der Waals surface area contributed by atoms with Crippen LogP contribution in [-0.2, 0) is 10.2 Å². The van der Waals surface area contributed by atoms with E-state index in [-0.39, 0.29) is 17.1 Å². The number of hydrogen-bond acceptors (Lipinski definition) is 6. The Morgan fingerprint density at radius 3 is 2.45 bits per heavy atom. The molecule has 164 valence electrons. The fourth-order valence-electron chi connectivity index (χ4n) is 2.78. The quantitative estimate of drug-likeness (QED) is 0.379. The molecule has 0 aliphatic carbocycles. The van der Waals surface area contributed by atoms with Crippen molar-refractivity contribution >= 4 is 35.1 Å². The van der Waals surface area contributed by atoms with Crippen LogP contribution in [0.2, 0.25) is 0 Å². The number of para-hydroxylation sites is 1. The lowest BCUT2D eigenvalue weighted by atomic mass is 9.87. The summed E-state index contributed by atoms with van der Waals surface area (Å²) in [5.41, 5.74) is 2.39. The summed E-state index contributed by atoms with van der Waals surface area (Å²) in [4.78, 5) is 12.6. The van der Waals surface area contributed by atoms with Gasteiger partial charge in [-0.3, -0.25) is 4.79 Å². The van der Waals surface area contributed by atoms with Crippen molar-refractivity contribution in [2.24, 2.45) is 0 Å². The molecule has 1 amide bonds. The number of nitrogens with zero attached hydrogens (tertiary/aromatic N) is 3. The number of rotatable bonds is 7. The topological polar surface area (TPSA) is 85.8 Å². The Morgan fingerprint density at radius 2 is 1.81 bits per heavy atom. The van der Waals surface area contributed by atoms with E-state index in [9.17, 15) is 13.6 Å². The fourth-order valence-corrected chi connectivity index (χ4v) is 4.03. The summed E-state index contributed by atoms with van der Waals surface area (Å²) >= 11 is 1.50. The van der Waals surface area contributed by atoms with Gasteiger partial charge in [0.25, 0.3) is 5.76 Å². The van der Waals surface area contributed by atoms with Crippen LogP contribution in [0.15, 0.2) is 58.6 Å². The summed E-state index contributed by atoms with van der Waals surface area (Å²) in [5, 5.41) is 11.2. The Kier molecular flexibility index (Phi) is 7.22. The average molecular weight is 464 g/mol. The van der Waals surface area contributed by atoms with Crippen LogP contribution in [0.4, 0.5) is 14.5 Å². The Bertz CT molecular complexity index is 1050. The number of benzene rings is 2. The second kappa shape index (κ2) is 9.69. The van der Waals surface area contributed by atoms with Gasteiger partial charge in [-0.25, -0.2) is 4.68 Å². The molecule has 0 spiro atoms. The monoisotopic (exact) mass is 463 g/mol. The molecule has 0 aliphatic heterocycles. The molecule has 10 heteroatoms. The van der Waals surface area contributed by atoms with E-state index in [0.717, 1.165) is 17.3 Å². The van der Waals surface area contributed by atoms with Gasteiger partial charge < -0.3 is 11.2 Å². The normalized spacial score (nSPS) is 11.7. The number of alkyl halides is 2. The molecule has 0 fully saturated rings. The molecule has 0 saturated heterocycles. The second-order valence-electron chi connectivity index (χ2n) is 7.72. The van der Waals surface area contributed by atoms with Crippen molar-refractivity contribution in [1.29, 1.82) is 0 Å². The second-order valence-corrected chi connectivity index (χ2v) is 9.69. The first kappa shape index (κ1) is 23.1. The van der Waals surface area contributed by atoms with E-state index in [2.05, 4.69) is 36.3 Å². The van der Waals surface area contributed by atoms with Crippen LogP contribution in [0.1, 0.15) is 26.3 Å². The number of anilines is 1. The molecular weight excluding hydrogens is 440 g/mol. The van der Waals surface area contributed by atoms with E-state index in [4.69, 9.17) is 5.84 Å². The molecule has 0 bridgehead atoms. The third kappa shape index (κ3) is 5.98. The Balaban J connectivity index is 1.65. The van der Waals surface area contributed by atoms with Gasteiger partial charge in [0, 0.05) is 10.5 Å². The lowest BCUT2D eigenvalue weighted by Crippen LogP contribution is -2.17. The molecule has 3 N–H and O–H groups in total. The number of carbonyl (C=O) groups is 1. The van der Waals surface area contributed by atoms with Gasteiger partial charge in [0.05, 0.1) is 11.4 Å². The van der Waals surface area contributed by atoms with Crippen LogP contribution in [0.5, 0.6) is 0 Å². The smallest absolute Gasteiger partial charge is 0.288 e. The Hall–Kier alpha value is -2.59. The maximum Gasteiger partial charge on any atom is 0.288 e. The van der Waals surface area contributed by atoms with Gasteiger partial charge in [0.2, 0.25) is 11.1 Å². The number of nitrogen functional groups attached to an aromatic ring is 1. The Morgan fingerprint density at radius 1 is 1.13 bits per heavy atom. The molecule has 2 aromatic carbocycles. The summed E-state index contributed by atoms with van der Waals surface area (Å²) in [6, 6.07) is 14.4. The molecule has 3 rings (SSSR count). The van der Waals surface area contributed by atoms with E-state index in [1.165, 1.54) is 16.3 Å². The van der Waals surface area contributed by atoms with E-state index in [0.29, 0.717) is 33.3 Å². The molecule has 0 saturated carbocycles. The number of hydrogen-bond donors (Lipinski definition) is 2. The third-order valence-electron chi connectivity index (χ3n) is 4.38. The van der Waals surface area contributed by atoms with Crippen molar-refractivity contribution in [3.8, 4) is 11.4 Å². The van der Waals surface area contributed by atoms with E-state index in [1.807, 2.05) is 24.3 Å². The molecular formula is C21H23F2N5OS2. The van der Waals surface area contributed by atoms with E-state index >= 15 is 0 Å². The lowest BCUT2D eigenvalue weighted by molar-refractivity contribution is -0.113. The van der Waals surface area contributed by atoms with Crippen LogP contribution in [-0.4, -0.2) is 32.3 Å². The van der Waals surface area contributed by atoms with E-state index < -0.39 is 5.76 Å². The number of aromatic nitrogens is 3. The standard InChI is InChI=1S/C21H23F2N5OS2/c1-21(2,3)14-10-8-13(9-11-14)18-26-27-20(28(18)24)30-12-17(29)25-15-6-4-5-7-16(15)31-19(22)23/h4-11,19H,12,24H2,1-3H3,(H,25,29). The molecule has 0 aliphatic rings. The van der Waals surface area contributed by atoms with Crippen LogP contribution >= 0.6 is 23.5 Å². The lowest BCUT2D eigenvalue weighted by Gasteiger charge is -2.19. The number of amides is 1. The number of carbonyl (C=O) groups excluding carboxylic acids is 1. The number of nitrogens with one attached hydrogen (secondary N) is 1. The maximum absolute atomic E-state index is 12.7. The zero-order chi connectivity index (χ0) is 22.6. The fraction of sp³-hybridized carbons (Fsp3) is 0.286. The highest BCUT2D eigenvalue weighted by Gasteiger charge is 2.17. The van der Waals surface area contributed by atoms with Crippen molar-refractivity contribution in [2.45, 2.75) is 42.0 Å². The highest BCUT2D eigenvalue weighted by Crippen LogP contribution is 2.32. The number of nitrogens with two attached hydrogens (primary N) is 1. The zero-order valence-corrected chi connectivity index (χ0v) is 18.9. The molecule has 3 aromatic rings. The summed E-state index contributed by atoms with van der Waals surface area (Å²) in [7, 11) is 0. The minimum Gasteiger partial charge on any atom is -0.335 e. The Labute approximate surface area is 188 Å². The summed E-state index contributed by atoms with van der Waals surface area (Å²) in [6.07, 6.45) is 0. The van der Waals surface area contributed by atoms with Gasteiger partial charge in [-0.1, -0.05) is 80.7 Å². The number of thioether (sulfide) groups is 2. The highest BCUT2D eigenvalue weighted by atomic mass is 32.2. The van der Waals surface area contributed by atoms with Gasteiger partial charge in [-0.2, -0.15) is 8.78 Å². The SMILES string of the molecule is CC(C)(C)c1ccc(-c2nnc(SCC(=O)Nc3ccccc3SC(F)F)n2N)cc1. The average Bonchev–Trinajstić information content (AvgIpc) is 3.07. The molecule has 1 aromatic heterocycles. The van der Waals surface area contributed by atoms with Gasteiger partial charge in [0.1, 0.15) is 0 Å². The van der Waals surface area contributed by atoms with Crippen LogP contribution < -0.4 is 11.2 Å². The van der Waals surface area contributed by atoms with Crippen LogP contribution in [0.3, 0.4) is 0 Å². The van der Waals surface area contributed by atoms with Gasteiger partial charge >= 0.3 is 0 Å². The predicted molar refractivity (Wildman–Crippen MR) is 122 cm³/mol. The molecule has 6 nitrogen and oxygen atoms in total. The highest BCUT2D eigenvalue weighted by molar-refractivity contribution is 8.00. The summed E-state index contributed by atoms with van der Waals surface area (Å²) in [5.74, 6) is 3.70. The first-order valence-electron chi connectivity index (χ1n) is 9.43. The van der Waals surface area contributed by atoms with Crippen molar-refractivity contribution < 1.29 is 13.6 Å². The molecule has 0 atom stereocenters.